The van der Waals surface area contributed by atoms with Crippen molar-refractivity contribution in [1.29, 1.82) is 0 Å². The Bertz CT molecular complexity index is 520. The Morgan fingerprint density at radius 2 is 1.72 bits per heavy atom. The topological polar surface area (TPSA) is 101 Å². The van der Waals surface area contributed by atoms with Gasteiger partial charge in [0.1, 0.15) is 0 Å². The van der Waals surface area contributed by atoms with E-state index in [1.807, 2.05) is 0 Å². The molecule has 2 N–H and O–H groups in total. The molecule has 1 unspecified atom stereocenters. The molecule has 0 saturated carbocycles. The monoisotopic (exact) mass is 300 g/mol. The van der Waals surface area contributed by atoms with Crippen molar-refractivity contribution in [2.45, 2.75) is 24.5 Å². The van der Waals surface area contributed by atoms with E-state index < -0.39 is 21.9 Å². The summed E-state index contributed by atoms with van der Waals surface area (Å²) in [7, 11) is -4.31. The molecule has 96 valence electrons. The van der Waals surface area contributed by atoms with E-state index in [1.54, 1.807) is 6.92 Å². The zero-order chi connectivity index (χ0) is 13.3. The number of aliphatic hydroxyl groups is 1. The van der Waals surface area contributed by atoms with Gasteiger partial charge >= 0.3 is 57.4 Å². The maximum atomic E-state index is 11.6. The molecule has 0 aliphatic carbocycles. The van der Waals surface area contributed by atoms with E-state index in [9.17, 15) is 18.3 Å². The van der Waals surface area contributed by atoms with Gasteiger partial charge in [0.25, 0.3) is 15.9 Å². The van der Waals surface area contributed by atoms with Crippen molar-refractivity contribution >= 4 is 67.5 Å². The van der Waals surface area contributed by atoms with Crippen LogP contribution in [-0.4, -0.2) is 81.8 Å². The van der Waals surface area contributed by atoms with E-state index in [0.717, 1.165) is 12.5 Å². The molecule has 0 aliphatic rings. The number of hydrogen-bond acceptors (Lipinski definition) is 5. The van der Waals surface area contributed by atoms with Gasteiger partial charge in [-0.1, -0.05) is 17.7 Å². The van der Waals surface area contributed by atoms with Gasteiger partial charge in [-0.3, -0.25) is 0 Å². The number of carboxylic acid groups (broad SMARTS) is 1. The number of aryl methyl sites for hydroxylation is 1. The Morgan fingerprint density at radius 3 is 2.11 bits per heavy atom. The van der Waals surface area contributed by atoms with Crippen molar-refractivity contribution in [2.75, 3.05) is 0 Å². The molecule has 1 aromatic carbocycles. The van der Waals surface area contributed by atoms with E-state index in [2.05, 4.69) is 4.18 Å². The Labute approximate surface area is 148 Å². The normalized spacial score (nSPS) is 14.4. The summed E-state index contributed by atoms with van der Waals surface area (Å²) in [6, 6.07) is 5.60. The average molecular weight is 300 g/mol. The van der Waals surface area contributed by atoms with Crippen molar-refractivity contribution in [2.24, 2.45) is 0 Å². The van der Waals surface area contributed by atoms with Crippen LogP contribution >= 0.6 is 0 Å². The van der Waals surface area contributed by atoms with E-state index in [1.165, 1.54) is 24.3 Å². The van der Waals surface area contributed by atoms with E-state index >= 15 is 0 Å². The summed E-state index contributed by atoms with van der Waals surface area (Å²) in [5.41, 5.74) is 0.842. The molecule has 8 heteroatoms. The number of aliphatic carboxylic acids is 1. The van der Waals surface area contributed by atoms with Crippen LogP contribution in [0.1, 0.15) is 12.5 Å². The summed E-state index contributed by atoms with van der Waals surface area (Å²) < 4.78 is 27.5. The summed E-state index contributed by atoms with van der Waals surface area (Å²) in [4.78, 5) is 10.3. The first kappa shape index (κ1) is 18.2. The van der Waals surface area contributed by atoms with Crippen LogP contribution in [0.3, 0.4) is 0 Å². The van der Waals surface area contributed by atoms with Crippen LogP contribution in [0.15, 0.2) is 29.2 Å². The first-order chi connectivity index (χ1) is 7.65. The molecule has 0 saturated heterocycles. The maximum absolute atomic E-state index is 11.6. The molecule has 18 heavy (non-hydrogen) atoms. The van der Waals surface area contributed by atoms with Crippen molar-refractivity contribution in [1.82, 2.24) is 0 Å². The van der Waals surface area contributed by atoms with Crippen LogP contribution in [0.4, 0.5) is 0 Å². The Morgan fingerprint density at radius 1 is 1.28 bits per heavy atom. The van der Waals surface area contributed by atoms with Crippen molar-refractivity contribution < 1.29 is 27.6 Å². The molecule has 1 atom stereocenters. The van der Waals surface area contributed by atoms with Crippen LogP contribution in [0.25, 0.3) is 0 Å². The predicted octanol–water partition coefficient (Wildman–Crippen LogP) is -0.155. The minimum absolute atomic E-state index is 0. The van der Waals surface area contributed by atoms with Gasteiger partial charge < -0.3 is 10.2 Å². The Hall–Kier alpha value is 0.196. The second-order valence-corrected chi connectivity index (χ2v) is 5.18. The number of benzene rings is 1. The molecule has 0 aromatic heterocycles. The SMILES string of the molecule is Cc1ccc(S(=O)(=O)OC(C)(O)C(=O)O)cc1.[KH]. The third-order valence-corrected chi connectivity index (χ3v) is 3.37. The predicted molar refractivity (Wildman–Crippen MR) is 64.9 cm³/mol. The van der Waals surface area contributed by atoms with Gasteiger partial charge in [0, 0.05) is 6.92 Å². The second kappa shape index (κ2) is 6.57. The summed E-state index contributed by atoms with van der Waals surface area (Å²) in [5, 5.41) is 17.8. The zero-order valence-corrected chi connectivity index (χ0v) is 10.1. The van der Waals surface area contributed by atoms with Gasteiger partial charge in [0.05, 0.1) is 4.90 Å². The van der Waals surface area contributed by atoms with Gasteiger partial charge in [0.2, 0.25) is 0 Å². The summed E-state index contributed by atoms with van der Waals surface area (Å²) >= 11 is 0. The molecule has 0 fully saturated rings. The number of carboxylic acids is 1. The summed E-state index contributed by atoms with van der Waals surface area (Å²) in [6.45, 7) is 2.51. The van der Waals surface area contributed by atoms with Crippen LogP contribution in [-0.2, 0) is 19.1 Å². The third-order valence-electron chi connectivity index (χ3n) is 1.98. The van der Waals surface area contributed by atoms with Gasteiger partial charge in [-0.25, -0.2) is 8.98 Å². The summed E-state index contributed by atoms with van der Waals surface area (Å²) in [5.74, 6) is -4.57. The molecule has 0 radical (unpaired) electrons. The quantitative estimate of drug-likeness (QED) is 0.455. The van der Waals surface area contributed by atoms with E-state index in [0.29, 0.717) is 0 Å². The minimum atomic E-state index is -4.31. The zero-order valence-electron chi connectivity index (χ0n) is 9.25. The molecule has 0 amide bonds. The molecule has 0 spiro atoms. The Balaban J connectivity index is 0.00000289. The number of rotatable bonds is 4. The molecule has 1 rings (SSSR count). The number of hydrogen-bond donors (Lipinski definition) is 2. The fourth-order valence-corrected chi connectivity index (χ4v) is 2.07. The van der Waals surface area contributed by atoms with Crippen LogP contribution in [0, 0.1) is 6.92 Å². The average Bonchev–Trinajstić information content (AvgIpc) is 2.16. The van der Waals surface area contributed by atoms with Crippen molar-refractivity contribution in [3.63, 3.8) is 0 Å². The van der Waals surface area contributed by atoms with E-state index in [-0.39, 0.29) is 56.3 Å². The molecule has 6 nitrogen and oxygen atoms in total. The molecule has 0 heterocycles. The first-order valence-corrected chi connectivity index (χ1v) is 6.04. The van der Waals surface area contributed by atoms with Gasteiger partial charge in [-0.2, -0.15) is 8.42 Å². The van der Waals surface area contributed by atoms with Gasteiger partial charge in [-0.15, -0.1) is 0 Å². The van der Waals surface area contributed by atoms with Gasteiger partial charge in [-0.05, 0) is 19.1 Å². The first-order valence-electron chi connectivity index (χ1n) is 4.63. The molecular formula is C10H13KO6S. The van der Waals surface area contributed by atoms with E-state index in [4.69, 9.17) is 5.11 Å². The third kappa shape index (κ3) is 4.70. The summed E-state index contributed by atoms with van der Waals surface area (Å²) in [6.07, 6.45) is 0. The molecule has 0 aliphatic heterocycles. The second-order valence-electron chi connectivity index (χ2n) is 3.64. The Kier molecular flexibility index (Phi) is 6.65. The number of carbonyl (C=O) groups is 1. The molecular weight excluding hydrogens is 287 g/mol. The fraction of sp³-hybridized carbons (Fsp3) is 0.300. The van der Waals surface area contributed by atoms with Crippen LogP contribution in [0.2, 0.25) is 0 Å². The van der Waals surface area contributed by atoms with Crippen molar-refractivity contribution in [3.8, 4) is 0 Å². The van der Waals surface area contributed by atoms with Gasteiger partial charge in [0.15, 0.2) is 0 Å². The molecule has 1 aromatic rings. The molecule has 0 bridgehead atoms. The van der Waals surface area contributed by atoms with Crippen LogP contribution < -0.4 is 0 Å². The standard InChI is InChI=1S/C10H12O6S.K.H/c1-7-3-5-8(6-4-7)17(14,15)16-10(2,13)9(11)12;;/h3-6,13H,1-2H3,(H,11,12);;. The van der Waals surface area contributed by atoms with Crippen molar-refractivity contribution in [3.05, 3.63) is 29.8 Å². The van der Waals surface area contributed by atoms with Crippen LogP contribution in [0.5, 0.6) is 0 Å². The fourth-order valence-electron chi connectivity index (χ4n) is 1.00.